The van der Waals surface area contributed by atoms with Crippen LogP contribution in [-0.2, 0) is 0 Å². The number of nitrogens with zero attached hydrogens (tertiary/aromatic N) is 2. The van der Waals surface area contributed by atoms with E-state index in [0.717, 1.165) is 5.56 Å². The van der Waals surface area contributed by atoms with Crippen molar-refractivity contribution in [1.82, 2.24) is 5.43 Å². The molecule has 1 aromatic carbocycles. The fourth-order valence-electron chi connectivity index (χ4n) is 0.989. The molecule has 0 aliphatic rings. The first-order valence-corrected chi connectivity index (χ1v) is 4.23. The summed E-state index contributed by atoms with van der Waals surface area (Å²) in [6.45, 7) is 1.73. The van der Waals surface area contributed by atoms with Crippen LogP contribution in [0.1, 0.15) is 18.1 Å². The van der Waals surface area contributed by atoms with Gasteiger partial charge < -0.3 is 5.73 Å². The Labute approximate surface area is 87.2 Å². The number of nitriles is 1. The molecule has 0 aromatic heterocycles. The zero-order chi connectivity index (χ0) is 11.3. The zero-order valence-electron chi connectivity index (χ0n) is 8.19. The van der Waals surface area contributed by atoms with Gasteiger partial charge in [-0.05, 0) is 24.6 Å². The maximum Gasteiger partial charge on any atom is 0.332 e. The predicted molar refractivity (Wildman–Crippen MR) is 56.1 cm³/mol. The number of urea groups is 1. The van der Waals surface area contributed by atoms with Gasteiger partial charge >= 0.3 is 6.03 Å². The summed E-state index contributed by atoms with van der Waals surface area (Å²) in [5.74, 6) is 0. The van der Waals surface area contributed by atoms with Gasteiger partial charge in [-0.3, -0.25) is 0 Å². The third kappa shape index (κ3) is 3.12. The van der Waals surface area contributed by atoms with E-state index in [1.807, 2.05) is 6.07 Å². The van der Waals surface area contributed by atoms with Crippen molar-refractivity contribution in [3.63, 3.8) is 0 Å². The maximum atomic E-state index is 10.4. The van der Waals surface area contributed by atoms with Gasteiger partial charge in [-0.25, -0.2) is 10.2 Å². The van der Waals surface area contributed by atoms with Crippen LogP contribution >= 0.6 is 0 Å². The molecular formula is C10H10N4O. The molecule has 5 heteroatoms. The predicted octanol–water partition coefficient (Wildman–Crippen LogP) is 0.951. The summed E-state index contributed by atoms with van der Waals surface area (Å²) in [7, 11) is 0. The molecule has 0 atom stereocenters. The van der Waals surface area contributed by atoms with Gasteiger partial charge in [0.05, 0.1) is 17.3 Å². The van der Waals surface area contributed by atoms with Crippen molar-refractivity contribution in [2.24, 2.45) is 10.8 Å². The molecule has 5 nitrogen and oxygen atoms in total. The zero-order valence-corrected chi connectivity index (χ0v) is 8.19. The van der Waals surface area contributed by atoms with Gasteiger partial charge in [0.15, 0.2) is 0 Å². The molecule has 0 aliphatic heterocycles. The van der Waals surface area contributed by atoms with Crippen LogP contribution in [0.2, 0.25) is 0 Å². The van der Waals surface area contributed by atoms with Crippen molar-refractivity contribution in [2.45, 2.75) is 6.92 Å². The highest BCUT2D eigenvalue weighted by molar-refractivity contribution is 5.99. The molecule has 0 radical (unpaired) electrons. The van der Waals surface area contributed by atoms with Gasteiger partial charge in [0.1, 0.15) is 0 Å². The van der Waals surface area contributed by atoms with Crippen molar-refractivity contribution < 1.29 is 4.79 Å². The van der Waals surface area contributed by atoms with E-state index < -0.39 is 6.03 Å². The van der Waals surface area contributed by atoms with Crippen molar-refractivity contribution in [3.8, 4) is 6.07 Å². The number of carbonyl (C=O) groups is 1. The van der Waals surface area contributed by atoms with Crippen LogP contribution in [0.3, 0.4) is 0 Å². The number of carbonyl (C=O) groups excluding carboxylic acids is 1. The van der Waals surface area contributed by atoms with Crippen molar-refractivity contribution >= 4 is 11.7 Å². The molecule has 1 aromatic rings. The van der Waals surface area contributed by atoms with E-state index in [-0.39, 0.29) is 0 Å². The number of rotatable bonds is 2. The van der Waals surface area contributed by atoms with Crippen molar-refractivity contribution in [1.29, 1.82) is 5.26 Å². The Hall–Kier alpha value is -2.35. The lowest BCUT2D eigenvalue weighted by atomic mass is 10.1. The molecular weight excluding hydrogens is 192 g/mol. The number of amides is 2. The topological polar surface area (TPSA) is 91.3 Å². The van der Waals surface area contributed by atoms with E-state index in [4.69, 9.17) is 11.0 Å². The Bertz CT molecular complexity index is 428. The Morgan fingerprint density at radius 1 is 1.47 bits per heavy atom. The number of nitrogens with two attached hydrogens (primary N) is 1. The molecule has 0 aliphatic carbocycles. The fourth-order valence-corrected chi connectivity index (χ4v) is 0.989. The second kappa shape index (κ2) is 4.77. The average Bonchev–Trinajstić information content (AvgIpc) is 2.26. The van der Waals surface area contributed by atoms with E-state index in [1.54, 1.807) is 31.2 Å². The smallest absolute Gasteiger partial charge is 0.332 e. The van der Waals surface area contributed by atoms with Crippen LogP contribution in [0.4, 0.5) is 4.79 Å². The molecule has 15 heavy (non-hydrogen) atoms. The van der Waals surface area contributed by atoms with Crippen LogP contribution in [0.25, 0.3) is 0 Å². The first kappa shape index (κ1) is 10.7. The van der Waals surface area contributed by atoms with Gasteiger partial charge in [-0.15, -0.1) is 0 Å². The van der Waals surface area contributed by atoms with Crippen LogP contribution in [-0.4, -0.2) is 11.7 Å². The van der Waals surface area contributed by atoms with Crippen LogP contribution in [0.5, 0.6) is 0 Å². The van der Waals surface area contributed by atoms with Crippen molar-refractivity contribution in [2.75, 3.05) is 0 Å². The second-order valence-corrected chi connectivity index (χ2v) is 2.86. The number of hydrogen-bond donors (Lipinski definition) is 2. The Morgan fingerprint density at radius 3 is 2.53 bits per heavy atom. The quantitative estimate of drug-likeness (QED) is 0.552. The minimum absolute atomic E-state index is 0.578. The molecule has 76 valence electrons. The number of hydrogen-bond acceptors (Lipinski definition) is 3. The van der Waals surface area contributed by atoms with Crippen molar-refractivity contribution in [3.05, 3.63) is 35.4 Å². The maximum absolute atomic E-state index is 10.4. The standard InChI is InChI=1S/C10H10N4O/c1-7(13-14-10(12)15)9-4-2-8(6-11)3-5-9/h2-5H,1H3,(H3,12,14,15)/b13-7-. The second-order valence-electron chi connectivity index (χ2n) is 2.86. The highest BCUT2D eigenvalue weighted by Gasteiger charge is 1.98. The monoisotopic (exact) mass is 202 g/mol. The molecule has 0 heterocycles. The lowest BCUT2D eigenvalue weighted by molar-refractivity contribution is 0.249. The van der Waals surface area contributed by atoms with Crippen LogP contribution in [0.15, 0.2) is 29.4 Å². The Kier molecular flexibility index (Phi) is 3.41. The minimum Gasteiger partial charge on any atom is -0.350 e. The SMILES string of the molecule is C/C(=N/NC(N)=O)c1ccc(C#N)cc1. The first-order valence-electron chi connectivity index (χ1n) is 4.23. The van der Waals surface area contributed by atoms with E-state index in [2.05, 4.69) is 10.5 Å². The summed E-state index contributed by atoms with van der Waals surface area (Å²) in [6, 6.07) is 8.17. The molecule has 0 unspecified atom stereocenters. The summed E-state index contributed by atoms with van der Waals surface area (Å²) in [5.41, 5.74) is 9.02. The molecule has 1 rings (SSSR count). The van der Waals surface area contributed by atoms with Gasteiger partial charge in [0.25, 0.3) is 0 Å². The van der Waals surface area contributed by atoms with E-state index in [0.29, 0.717) is 11.3 Å². The molecule has 0 spiro atoms. The number of nitrogens with one attached hydrogen (secondary N) is 1. The summed E-state index contributed by atoms with van der Waals surface area (Å²) < 4.78 is 0. The van der Waals surface area contributed by atoms with Gasteiger partial charge in [-0.1, -0.05) is 12.1 Å². The summed E-state index contributed by atoms with van der Waals surface area (Å²) in [6.07, 6.45) is 0. The summed E-state index contributed by atoms with van der Waals surface area (Å²) >= 11 is 0. The highest BCUT2D eigenvalue weighted by Crippen LogP contribution is 2.04. The number of hydrazone groups is 1. The first-order chi connectivity index (χ1) is 7.13. The molecule has 0 bridgehead atoms. The summed E-state index contributed by atoms with van der Waals surface area (Å²) in [5, 5.41) is 12.3. The molecule has 0 saturated carbocycles. The summed E-state index contributed by atoms with van der Waals surface area (Å²) in [4.78, 5) is 10.4. The van der Waals surface area contributed by atoms with E-state index >= 15 is 0 Å². The third-order valence-corrected chi connectivity index (χ3v) is 1.77. The van der Waals surface area contributed by atoms with Gasteiger partial charge in [0.2, 0.25) is 0 Å². The normalized spacial score (nSPS) is 10.5. The molecule has 0 fully saturated rings. The Morgan fingerprint density at radius 2 is 2.07 bits per heavy atom. The average molecular weight is 202 g/mol. The molecule has 2 amide bonds. The van der Waals surface area contributed by atoms with Gasteiger partial charge in [-0.2, -0.15) is 10.4 Å². The lowest BCUT2D eigenvalue weighted by Crippen LogP contribution is -2.25. The molecule has 3 N–H and O–H groups in total. The highest BCUT2D eigenvalue weighted by atomic mass is 16.2. The van der Waals surface area contributed by atoms with Crippen LogP contribution in [0, 0.1) is 11.3 Å². The van der Waals surface area contributed by atoms with Crippen LogP contribution < -0.4 is 11.2 Å². The number of primary amides is 1. The molecule has 0 saturated heterocycles. The third-order valence-electron chi connectivity index (χ3n) is 1.77. The van der Waals surface area contributed by atoms with E-state index in [1.165, 1.54) is 0 Å². The van der Waals surface area contributed by atoms with E-state index in [9.17, 15) is 4.79 Å². The fraction of sp³-hybridized carbons (Fsp3) is 0.100. The Balaban J connectivity index is 2.83. The van der Waals surface area contributed by atoms with Gasteiger partial charge in [0, 0.05) is 0 Å². The number of benzene rings is 1. The largest absolute Gasteiger partial charge is 0.350 e. The lowest BCUT2D eigenvalue weighted by Gasteiger charge is -2.00. The minimum atomic E-state index is -0.706.